The van der Waals surface area contributed by atoms with Gasteiger partial charge in [-0.3, -0.25) is 4.79 Å². The van der Waals surface area contributed by atoms with Crippen LogP contribution in [0.2, 0.25) is 0 Å². The quantitative estimate of drug-likeness (QED) is 0.856. The third kappa shape index (κ3) is 3.80. The van der Waals surface area contributed by atoms with Crippen LogP contribution in [0.3, 0.4) is 0 Å². The third-order valence-electron chi connectivity index (χ3n) is 3.39. The number of carbonyl (C=O) groups is 1. The highest BCUT2D eigenvalue weighted by atomic mass is 16.5. The van der Waals surface area contributed by atoms with Gasteiger partial charge in [0.1, 0.15) is 6.54 Å². The average molecular weight is 280 g/mol. The normalized spacial score (nSPS) is 20.9. The van der Waals surface area contributed by atoms with Crippen LogP contribution in [-0.4, -0.2) is 34.2 Å². The molecule has 1 amide bonds. The van der Waals surface area contributed by atoms with Crippen LogP contribution in [0.15, 0.2) is 12.5 Å². The highest BCUT2D eigenvalue weighted by Crippen LogP contribution is 2.26. The van der Waals surface area contributed by atoms with E-state index < -0.39 is 0 Å². The van der Waals surface area contributed by atoms with E-state index in [4.69, 9.17) is 10.5 Å². The predicted octanol–water partition coefficient (Wildman–Crippen LogP) is 0.834. The molecule has 2 rings (SSSR count). The first-order valence-electron chi connectivity index (χ1n) is 7.01. The van der Waals surface area contributed by atoms with E-state index in [1.54, 1.807) is 12.5 Å². The monoisotopic (exact) mass is 280 g/mol. The Hall–Kier alpha value is -1.40. The molecule has 20 heavy (non-hydrogen) atoms. The molecule has 6 nitrogen and oxygen atoms in total. The Bertz CT molecular complexity index is 458. The van der Waals surface area contributed by atoms with Crippen molar-refractivity contribution >= 4 is 5.91 Å². The molecule has 2 heterocycles. The van der Waals surface area contributed by atoms with Crippen molar-refractivity contribution in [2.45, 2.75) is 45.3 Å². The molecule has 1 aromatic rings. The highest BCUT2D eigenvalue weighted by Gasteiger charge is 2.26. The SMILES string of the molecule is CC(C)(C)NC(=O)Cn1cncc1C(N)C1CCOC1. The van der Waals surface area contributed by atoms with Crippen LogP contribution >= 0.6 is 0 Å². The molecule has 1 fully saturated rings. The Balaban J connectivity index is 2.02. The van der Waals surface area contributed by atoms with Gasteiger partial charge in [0.2, 0.25) is 5.91 Å². The molecule has 0 spiro atoms. The molecule has 0 aromatic carbocycles. The fourth-order valence-electron chi connectivity index (χ4n) is 2.43. The summed E-state index contributed by atoms with van der Waals surface area (Å²) in [5, 5.41) is 2.94. The van der Waals surface area contributed by atoms with E-state index in [1.165, 1.54) is 0 Å². The molecule has 1 aromatic heterocycles. The largest absolute Gasteiger partial charge is 0.381 e. The molecular weight excluding hydrogens is 256 g/mol. The van der Waals surface area contributed by atoms with Gasteiger partial charge in [-0.05, 0) is 27.2 Å². The molecule has 1 saturated heterocycles. The van der Waals surface area contributed by atoms with Crippen LogP contribution in [0, 0.1) is 5.92 Å². The van der Waals surface area contributed by atoms with Gasteiger partial charge in [0.25, 0.3) is 0 Å². The van der Waals surface area contributed by atoms with E-state index in [9.17, 15) is 4.79 Å². The number of hydrogen-bond donors (Lipinski definition) is 2. The summed E-state index contributed by atoms with van der Waals surface area (Å²) in [6.07, 6.45) is 4.36. The van der Waals surface area contributed by atoms with Crippen molar-refractivity contribution in [2.24, 2.45) is 11.7 Å². The Labute approximate surface area is 119 Å². The molecule has 0 radical (unpaired) electrons. The predicted molar refractivity (Wildman–Crippen MR) is 76.0 cm³/mol. The number of hydrogen-bond acceptors (Lipinski definition) is 4. The summed E-state index contributed by atoms with van der Waals surface area (Å²) in [5.74, 6) is 0.266. The summed E-state index contributed by atoms with van der Waals surface area (Å²) < 4.78 is 7.20. The smallest absolute Gasteiger partial charge is 0.240 e. The Morgan fingerprint density at radius 3 is 3.00 bits per heavy atom. The first kappa shape index (κ1) is 15.0. The molecule has 0 bridgehead atoms. The van der Waals surface area contributed by atoms with E-state index in [-0.39, 0.29) is 24.0 Å². The zero-order chi connectivity index (χ0) is 14.8. The number of imidazole rings is 1. The second-order valence-corrected chi connectivity index (χ2v) is 6.39. The van der Waals surface area contributed by atoms with Gasteiger partial charge >= 0.3 is 0 Å². The topological polar surface area (TPSA) is 82.2 Å². The van der Waals surface area contributed by atoms with Crippen molar-refractivity contribution in [1.29, 1.82) is 0 Å². The Morgan fingerprint density at radius 1 is 1.65 bits per heavy atom. The maximum Gasteiger partial charge on any atom is 0.240 e. The average Bonchev–Trinajstić information content (AvgIpc) is 2.95. The molecular formula is C14H24N4O2. The number of nitrogens with two attached hydrogens (primary N) is 1. The van der Waals surface area contributed by atoms with Gasteiger partial charge in [0, 0.05) is 24.3 Å². The van der Waals surface area contributed by atoms with Gasteiger partial charge in [-0.2, -0.15) is 0 Å². The first-order valence-corrected chi connectivity index (χ1v) is 7.01. The maximum absolute atomic E-state index is 12.0. The maximum atomic E-state index is 12.0. The second-order valence-electron chi connectivity index (χ2n) is 6.39. The van der Waals surface area contributed by atoms with Crippen molar-refractivity contribution in [3.8, 4) is 0 Å². The highest BCUT2D eigenvalue weighted by molar-refractivity contribution is 5.76. The number of carbonyl (C=O) groups excluding carboxylic acids is 1. The summed E-state index contributed by atoms with van der Waals surface area (Å²) >= 11 is 0. The van der Waals surface area contributed by atoms with Gasteiger partial charge in [-0.25, -0.2) is 4.98 Å². The number of rotatable bonds is 4. The van der Waals surface area contributed by atoms with Gasteiger partial charge in [0.15, 0.2) is 0 Å². The summed E-state index contributed by atoms with van der Waals surface area (Å²) in [5.41, 5.74) is 6.93. The minimum absolute atomic E-state index is 0.0355. The van der Waals surface area contributed by atoms with Gasteiger partial charge < -0.3 is 20.4 Å². The molecule has 1 aliphatic rings. The third-order valence-corrected chi connectivity index (χ3v) is 3.39. The Morgan fingerprint density at radius 2 is 2.40 bits per heavy atom. The second kappa shape index (κ2) is 5.93. The van der Waals surface area contributed by atoms with Gasteiger partial charge in [-0.1, -0.05) is 0 Å². The molecule has 112 valence electrons. The van der Waals surface area contributed by atoms with E-state index in [0.29, 0.717) is 12.5 Å². The van der Waals surface area contributed by atoms with Gasteiger partial charge in [0.05, 0.1) is 24.7 Å². The van der Waals surface area contributed by atoms with Crippen molar-refractivity contribution in [3.63, 3.8) is 0 Å². The standard InChI is InChI=1S/C14H24N4O2/c1-14(2,3)17-12(19)7-18-9-16-6-11(18)13(15)10-4-5-20-8-10/h6,9-10,13H,4-5,7-8,15H2,1-3H3,(H,17,19). The zero-order valence-electron chi connectivity index (χ0n) is 12.4. The van der Waals surface area contributed by atoms with E-state index >= 15 is 0 Å². The summed E-state index contributed by atoms with van der Waals surface area (Å²) in [7, 11) is 0. The molecule has 6 heteroatoms. The van der Waals surface area contributed by atoms with Crippen molar-refractivity contribution in [3.05, 3.63) is 18.2 Å². The van der Waals surface area contributed by atoms with Gasteiger partial charge in [-0.15, -0.1) is 0 Å². The van der Waals surface area contributed by atoms with E-state index in [1.807, 2.05) is 25.3 Å². The summed E-state index contributed by atoms with van der Waals surface area (Å²) in [4.78, 5) is 16.1. The number of nitrogens with zero attached hydrogens (tertiary/aromatic N) is 2. The molecule has 3 N–H and O–H groups in total. The lowest BCUT2D eigenvalue weighted by Crippen LogP contribution is -2.42. The van der Waals surface area contributed by atoms with Crippen LogP contribution in [0.4, 0.5) is 0 Å². The lowest BCUT2D eigenvalue weighted by molar-refractivity contribution is -0.123. The summed E-state index contributed by atoms with van der Waals surface area (Å²) in [6, 6.07) is -0.137. The van der Waals surface area contributed by atoms with Crippen molar-refractivity contribution in [1.82, 2.24) is 14.9 Å². The zero-order valence-corrected chi connectivity index (χ0v) is 12.4. The van der Waals surface area contributed by atoms with Crippen molar-refractivity contribution in [2.75, 3.05) is 13.2 Å². The molecule has 2 atom stereocenters. The fraction of sp³-hybridized carbons (Fsp3) is 0.714. The summed E-state index contributed by atoms with van der Waals surface area (Å²) in [6.45, 7) is 7.56. The van der Waals surface area contributed by atoms with Crippen LogP contribution in [0.1, 0.15) is 38.9 Å². The molecule has 2 unspecified atom stereocenters. The molecule has 0 aliphatic carbocycles. The van der Waals surface area contributed by atoms with Crippen LogP contribution in [0.5, 0.6) is 0 Å². The minimum atomic E-state index is -0.237. The Kier molecular flexibility index (Phi) is 4.45. The van der Waals surface area contributed by atoms with E-state index in [0.717, 1.165) is 18.7 Å². The number of amides is 1. The van der Waals surface area contributed by atoms with Crippen LogP contribution in [-0.2, 0) is 16.1 Å². The number of aromatic nitrogens is 2. The number of nitrogens with one attached hydrogen (secondary N) is 1. The van der Waals surface area contributed by atoms with Crippen LogP contribution in [0.25, 0.3) is 0 Å². The lowest BCUT2D eigenvalue weighted by atomic mass is 9.97. The number of ether oxygens (including phenoxy) is 1. The lowest BCUT2D eigenvalue weighted by Gasteiger charge is -2.22. The first-order chi connectivity index (χ1) is 9.37. The minimum Gasteiger partial charge on any atom is -0.381 e. The van der Waals surface area contributed by atoms with E-state index in [2.05, 4.69) is 10.3 Å². The molecule has 0 saturated carbocycles. The fourth-order valence-corrected chi connectivity index (χ4v) is 2.43. The molecule has 1 aliphatic heterocycles. The van der Waals surface area contributed by atoms with Crippen LogP contribution < -0.4 is 11.1 Å². The van der Waals surface area contributed by atoms with Crippen molar-refractivity contribution < 1.29 is 9.53 Å².